The lowest BCUT2D eigenvalue weighted by Gasteiger charge is -2.21. The normalized spacial score (nSPS) is 11.9. The minimum absolute atomic E-state index is 0.755. The second kappa shape index (κ2) is 8.17. The van der Waals surface area contributed by atoms with E-state index in [1.807, 2.05) is 76.2 Å². The second-order valence-corrected chi connectivity index (χ2v) is 7.70. The molecule has 0 N–H and O–H groups in total. The van der Waals surface area contributed by atoms with Crippen LogP contribution in [0.5, 0.6) is 11.5 Å². The molecule has 0 bridgehead atoms. The third-order valence-corrected chi connectivity index (χ3v) is 5.39. The van der Waals surface area contributed by atoms with Crippen molar-refractivity contribution in [3.05, 3.63) is 59.7 Å². The molecular formula is C20H26O5P+. The van der Waals surface area contributed by atoms with Crippen molar-refractivity contribution >= 4 is 8.25 Å². The zero-order valence-electron chi connectivity index (χ0n) is 16.1. The summed E-state index contributed by atoms with van der Waals surface area (Å²) in [7, 11) is 0.889. The van der Waals surface area contributed by atoms with Crippen molar-refractivity contribution in [3.8, 4) is 11.5 Å². The Morgan fingerprint density at radius 3 is 1.23 bits per heavy atom. The summed E-state index contributed by atoms with van der Waals surface area (Å²) in [5, 5.41) is 0. The largest absolute Gasteiger partial charge is 0.699 e. The van der Waals surface area contributed by atoms with Gasteiger partial charge in [-0.15, -0.1) is 9.05 Å². The van der Waals surface area contributed by atoms with Crippen LogP contribution in [0.1, 0.15) is 38.8 Å². The zero-order chi connectivity index (χ0) is 19.4. The molecule has 0 saturated carbocycles. The Kier molecular flexibility index (Phi) is 6.40. The van der Waals surface area contributed by atoms with E-state index in [4.69, 9.17) is 18.5 Å². The summed E-state index contributed by atoms with van der Waals surface area (Å²) >= 11 is 0. The van der Waals surface area contributed by atoms with Crippen LogP contribution in [0.3, 0.4) is 0 Å². The number of hydrogen-bond acceptors (Lipinski definition) is 5. The standard InChI is InChI=1S/C20H26O5P/c1-19(2,15-7-11-17(22-5)12-8-15)24-26(21)25-20(3,4)16-9-13-18(23-6)14-10-16/h7-14H,1-6H3/q+1. The highest BCUT2D eigenvalue weighted by Crippen LogP contribution is 2.43. The quantitative estimate of drug-likeness (QED) is 0.563. The van der Waals surface area contributed by atoms with Gasteiger partial charge in [-0.25, -0.2) is 0 Å². The van der Waals surface area contributed by atoms with Crippen molar-refractivity contribution in [2.24, 2.45) is 0 Å². The molecule has 5 nitrogen and oxygen atoms in total. The fourth-order valence-corrected chi connectivity index (χ4v) is 3.47. The highest BCUT2D eigenvalue weighted by molar-refractivity contribution is 7.33. The lowest BCUT2D eigenvalue weighted by Crippen LogP contribution is -2.22. The van der Waals surface area contributed by atoms with Gasteiger partial charge in [-0.3, -0.25) is 0 Å². The molecule has 0 aliphatic rings. The van der Waals surface area contributed by atoms with Crippen LogP contribution in [0.2, 0.25) is 0 Å². The molecule has 0 aromatic heterocycles. The summed E-state index contributed by atoms with van der Waals surface area (Å²) in [5.41, 5.74) is 0.228. The first-order chi connectivity index (χ1) is 12.2. The van der Waals surface area contributed by atoms with Gasteiger partial charge in [0.1, 0.15) is 22.7 Å². The molecule has 0 aliphatic heterocycles. The monoisotopic (exact) mass is 377 g/mol. The minimum atomic E-state index is -2.34. The van der Waals surface area contributed by atoms with Gasteiger partial charge in [0.05, 0.1) is 14.2 Å². The highest BCUT2D eigenvalue weighted by atomic mass is 31.1. The Balaban J connectivity index is 2.07. The van der Waals surface area contributed by atoms with Crippen LogP contribution in [0.4, 0.5) is 0 Å². The first kappa shape index (κ1) is 20.4. The van der Waals surface area contributed by atoms with Gasteiger partial charge in [-0.05, 0) is 63.1 Å². The van der Waals surface area contributed by atoms with E-state index in [0.717, 1.165) is 22.6 Å². The molecule has 0 saturated heterocycles. The number of benzene rings is 2. The maximum atomic E-state index is 12.5. The van der Waals surface area contributed by atoms with E-state index in [1.165, 1.54) is 0 Å². The van der Waals surface area contributed by atoms with E-state index in [0.29, 0.717) is 0 Å². The van der Waals surface area contributed by atoms with Gasteiger partial charge in [0.2, 0.25) is 0 Å². The van der Waals surface area contributed by atoms with Crippen molar-refractivity contribution in [1.82, 2.24) is 0 Å². The molecule has 0 radical (unpaired) electrons. The van der Waals surface area contributed by atoms with E-state index in [-0.39, 0.29) is 0 Å². The molecule has 0 aliphatic carbocycles. The van der Waals surface area contributed by atoms with Crippen LogP contribution in [0.15, 0.2) is 48.5 Å². The lowest BCUT2D eigenvalue weighted by atomic mass is 9.99. The van der Waals surface area contributed by atoms with Crippen molar-refractivity contribution in [2.45, 2.75) is 38.9 Å². The highest BCUT2D eigenvalue weighted by Gasteiger charge is 2.41. The summed E-state index contributed by atoms with van der Waals surface area (Å²) < 4.78 is 34.3. The number of ether oxygens (including phenoxy) is 2. The van der Waals surface area contributed by atoms with Gasteiger partial charge < -0.3 is 9.47 Å². The third-order valence-electron chi connectivity index (χ3n) is 4.18. The molecular weight excluding hydrogens is 351 g/mol. The smallest absolute Gasteiger partial charge is 0.497 e. The first-order valence-corrected chi connectivity index (χ1v) is 9.42. The fourth-order valence-electron chi connectivity index (χ4n) is 2.48. The van der Waals surface area contributed by atoms with Crippen molar-refractivity contribution in [1.29, 1.82) is 0 Å². The summed E-state index contributed by atoms with van der Waals surface area (Å²) in [5.74, 6) is 1.51. The molecule has 0 atom stereocenters. The van der Waals surface area contributed by atoms with Crippen LogP contribution in [-0.4, -0.2) is 14.2 Å². The minimum Gasteiger partial charge on any atom is -0.497 e. The van der Waals surface area contributed by atoms with Crippen LogP contribution in [0, 0.1) is 0 Å². The van der Waals surface area contributed by atoms with E-state index >= 15 is 0 Å². The van der Waals surface area contributed by atoms with Gasteiger partial charge in [-0.1, -0.05) is 24.3 Å². The van der Waals surface area contributed by atoms with Gasteiger partial charge in [-0.2, -0.15) is 0 Å². The molecule has 0 amide bonds. The van der Waals surface area contributed by atoms with Crippen LogP contribution >= 0.6 is 8.25 Å². The van der Waals surface area contributed by atoms with Crippen LogP contribution < -0.4 is 9.47 Å². The SMILES string of the molecule is COc1ccc(C(C)(C)O[P+](=O)OC(C)(C)c2ccc(OC)cc2)cc1. The number of rotatable bonds is 8. The first-order valence-electron chi connectivity index (χ1n) is 8.32. The van der Waals surface area contributed by atoms with Crippen molar-refractivity contribution in [3.63, 3.8) is 0 Å². The molecule has 0 unspecified atom stereocenters. The molecule has 2 rings (SSSR count). The van der Waals surface area contributed by atoms with Gasteiger partial charge in [0.25, 0.3) is 0 Å². The maximum Gasteiger partial charge on any atom is 0.699 e. The van der Waals surface area contributed by atoms with Crippen LogP contribution in [-0.2, 0) is 24.8 Å². The zero-order valence-corrected chi connectivity index (χ0v) is 17.0. The molecule has 0 spiro atoms. The fraction of sp³-hybridized carbons (Fsp3) is 0.400. The van der Waals surface area contributed by atoms with E-state index in [9.17, 15) is 4.57 Å². The molecule has 0 heterocycles. The Morgan fingerprint density at radius 2 is 0.962 bits per heavy atom. The lowest BCUT2D eigenvalue weighted by molar-refractivity contribution is 0.0422. The van der Waals surface area contributed by atoms with Crippen LogP contribution in [0.25, 0.3) is 0 Å². The molecule has 2 aromatic rings. The van der Waals surface area contributed by atoms with Gasteiger partial charge in [0.15, 0.2) is 0 Å². The Morgan fingerprint density at radius 1 is 0.654 bits per heavy atom. The van der Waals surface area contributed by atoms with E-state index in [2.05, 4.69) is 0 Å². The molecule has 140 valence electrons. The molecule has 0 fully saturated rings. The Labute approximate surface area is 156 Å². The summed E-state index contributed by atoms with van der Waals surface area (Å²) in [4.78, 5) is 0. The van der Waals surface area contributed by atoms with E-state index in [1.54, 1.807) is 14.2 Å². The number of methoxy groups -OCH3 is 2. The third kappa shape index (κ3) is 5.04. The summed E-state index contributed by atoms with van der Waals surface area (Å²) in [6, 6.07) is 14.9. The molecule has 6 heteroatoms. The predicted molar refractivity (Wildman–Crippen MR) is 102 cm³/mol. The van der Waals surface area contributed by atoms with E-state index < -0.39 is 19.5 Å². The van der Waals surface area contributed by atoms with Crippen molar-refractivity contribution < 1.29 is 23.1 Å². The maximum absolute atomic E-state index is 12.5. The summed E-state index contributed by atoms with van der Waals surface area (Å²) in [6.45, 7) is 7.41. The van der Waals surface area contributed by atoms with Gasteiger partial charge >= 0.3 is 8.25 Å². The topological polar surface area (TPSA) is 54.0 Å². The Bertz CT molecular complexity index is 672. The molecule has 2 aromatic carbocycles. The second-order valence-electron chi connectivity index (χ2n) is 6.88. The van der Waals surface area contributed by atoms with Gasteiger partial charge in [0, 0.05) is 4.57 Å². The average molecular weight is 377 g/mol. The number of hydrogen-bond donors (Lipinski definition) is 0. The molecule has 26 heavy (non-hydrogen) atoms. The van der Waals surface area contributed by atoms with Crippen molar-refractivity contribution in [2.75, 3.05) is 14.2 Å². The average Bonchev–Trinajstić information content (AvgIpc) is 2.60. The predicted octanol–water partition coefficient (Wildman–Crippen LogP) is 5.56. The summed E-state index contributed by atoms with van der Waals surface area (Å²) in [6.07, 6.45) is 0. The Hall–Kier alpha value is -1.94.